The van der Waals surface area contributed by atoms with Crippen molar-refractivity contribution >= 4 is 11.9 Å². The fraction of sp³-hybridized carbons (Fsp3) is 0.833. The van der Waals surface area contributed by atoms with Gasteiger partial charge in [-0.15, -0.1) is 0 Å². The van der Waals surface area contributed by atoms with E-state index in [2.05, 4.69) is 0 Å². The van der Waals surface area contributed by atoms with Gasteiger partial charge in [0.25, 0.3) is 0 Å². The van der Waals surface area contributed by atoms with Crippen LogP contribution in [0.3, 0.4) is 0 Å². The lowest BCUT2D eigenvalue weighted by Crippen LogP contribution is -2.45. The van der Waals surface area contributed by atoms with E-state index in [1.165, 1.54) is 0 Å². The second kappa shape index (κ2) is 4.85. The molecule has 4 heteroatoms. The lowest BCUT2D eigenvalue weighted by Gasteiger charge is -2.39. The third-order valence-corrected chi connectivity index (χ3v) is 3.53. The van der Waals surface area contributed by atoms with Crippen LogP contribution in [0.4, 0.5) is 0 Å². The highest BCUT2D eigenvalue weighted by Gasteiger charge is 2.50. The van der Waals surface area contributed by atoms with Gasteiger partial charge in [0.1, 0.15) is 0 Å². The summed E-state index contributed by atoms with van der Waals surface area (Å²) in [5, 5.41) is 18.6. The molecule has 1 fully saturated rings. The molecule has 2 atom stereocenters. The van der Waals surface area contributed by atoms with Gasteiger partial charge in [-0.2, -0.15) is 0 Å². The van der Waals surface area contributed by atoms with Crippen LogP contribution in [-0.4, -0.2) is 22.2 Å². The summed E-state index contributed by atoms with van der Waals surface area (Å²) in [4.78, 5) is 22.7. The molecule has 16 heavy (non-hydrogen) atoms. The predicted molar refractivity (Wildman–Crippen MR) is 59.1 cm³/mol. The number of carbonyl (C=O) groups is 2. The zero-order valence-electron chi connectivity index (χ0n) is 9.90. The molecule has 0 aromatic rings. The molecule has 0 aliphatic heterocycles. The van der Waals surface area contributed by atoms with E-state index < -0.39 is 23.3 Å². The van der Waals surface area contributed by atoms with Crippen LogP contribution in [0.25, 0.3) is 0 Å². The van der Waals surface area contributed by atoms with Gasteiger partial charge in [0.2, 0.25) is 0 Å². The SMILES string of the molecule is CC(C)CC1(C(=O)O)CCCCC1C(=O)O. The van der Waals surface area contributed by atoms with Crippen LogP contribution in [-0.2, 0) is 9.59 Å². The highest BCUT2D eigenvalue weighted by atomic mass is 16.4. The lowest BCUT2D eigenvalue weighted by molar-refractivity contribution is -0.167. The Morgan fingerprint density at radius 1 is 1.31 bits per heavy atom. The Bertz CT molecular complexity index is 285. The molecule has 0 amide bonds. The van der Waals surface area contributed by atoms with Crippen LogP contribution >= 0.6 is 0 Å². The van der Waals surface area contributed by atoms with Crippen molar-refractivity contribution < 1.29 is 19.8 Å². The molecule has 0 bridgehead atoms. The van der Waals surface area contributed by atoms with Gasteiger partial charge in [0.05, 0.1) is 11.3 Å². The molecule has 92 valence electrons. The number of hydrogen-bond donors (Lipinski definition) is 2. The average molecular weight is 228 g/mol. The molecule has 0 heterocycles. The van der Waals surface area contributed by atoms with Gasteiger partial charge in [-0.1, -0.05) is 26.7 Å². The van der Waals surface area contributed by atoms with Crippen LogP contribution in [0.1, 0.15) is 46.0 Å². The molecule has 2 unspecified atom stereocenters. The molecule has 1 aliphatic rings. The third kappa shape index (κ3) is 2.36. The van der Waals surface area contributed by atoms with Gasteiger partial charge in [-0.25, -0.2) is 0 Å². The second-order valence-electron chi connectivity index (χ2n) is 5.20. The number of aliphatic carboxylic acids is 2. The van der Waals surface area contributed by atoms with Crippen molar-refractivity contribution in [3.63, 3.8) is 0 Å². The quantitative estimate of drug-likeness (QED) is 0.774. The van der Waals surface area contributed by atoms with Crippen LogP contribution in [0, 0.1) is 17.3 Å². The molecule has 2 N–H and O–H groups in total. The molecule has 4 nitrogen and oxygen atoms in total. The molecule has 0 aromatic heterocycles. The summed E-state index contributed by atoms with van der Waals surface area (Å²) in [5.41, 5.74) is -1.04. The van der Waals surface area contributed by atoms with Crippen molar-refractivity contribution in [1.29, 1.82) is 0 Å². The Morgan fingerprint density at radius 2 is 1.94 bits per heavy atom. The van der Waals surface area contributed by atoms with Crippen molar-refractivity contribution in [3.8, 4) is 0 Å². The van der Waals surface area contributed by atoms with Crippen LogP contribution in [0.15, 0.2) is 0 Å². The Hall–Kier alpha value is -1.06. The van der Waals surface area contributed by atoms with E-state index in [1.54, 1.807) is 0 Å². The smallest absolute Gasteiger partial charge is 0.310 e. The van der Waals surface area contributed by atoms with Crippen LogP contribution in [0.2, 0.25) is 0 Å². The largest absolute Gasteiger partial charge is 0.481 e. The van der Waals surface area contributed by atoms with Gasteiger partial charge in [-0.05, 0) is 25.2 Å². The topological polar surface area (TPSA) is 74.6 Å². The minimum Gasteiger partial charge on any atom is -0.481 e. The first-order chi connectivity index (χ1) is 7.40. The Morgan fingerprint density at radius 3 is 2.38 bits per heavy atom. The first-order valence-electron chi connectivity index (χ1n) is 5.86. The fourth-order valence-corrected chi connectivity index (χ4v) is 2.92. The molecule has 0 saturated heterocycles. The fourth-order valence-electron chi connectivity index (χ4n) is 2.92. The van der Waals surface area contributed by atoms with E-state index in [-0.39, 0.29) is 5.92 Å². The van der Waals surface area contributed by atoms with Crippen LogP contribution < -0.4 is 0 Å². The summed E-state index contributed by atoms with van der Waals surface area (Å²) < 4.78 is 0. The zero-order chi connectivity index (χ0) is 12.3. The maximum absolute atomic E-state index is 11.5. The highest BCUT2D eigenvalue weighted by molar-refractivity contribution is 5.83. The number of rotatable bonds is 4. The Labute approximate surface area is 95.7 Å². The van der Waals surface area contributed by atoms with Crippen molar-refractivity contribution in [1.82, 2.24) is 0 Å². The monoisotopic (exact) mass is 228 g/mol. The number of carboxylic acids is 2. The summed E-state index contributed by atoms with van der Waals surface area (Å²) in [6, 6.07) is 0. The van der Waals surface area contributed by atoms with E-state index in [9.17, 15) is 19.8 Å². The van der Waals surface area contributed by atoms with Crippen molar-refractivity contribution in [2.45, 2.75) is 46.0 Å². The van der Waals surface area contributed by atoms with Crippen molar-refractivity contribution in [2.75, 3.05) is 0 Å². The minimum atomic E-state index is -1.04. The molecule has 1 aliphatic carbocycles. The van der Waals surface area contributed by atoms with E-state index in [0.29, 0.717) is 19.3 Å². The van der Waals surface area contributed by atoms with Crippen LogP contribution in [0.5, 0.6) is 0 Å². The normalized spacial score (nSPS) is 30.3. The van der Waals surface area contributed by atoms with E-state index in [1.807, 2.05) is 13.8 Å². The zero-order valence-corrected chi connectivity index (χ0v) is 9.90. The maximum atomic E-state index is 11.5. The van der Waals surface area contributed by atoms with Gasteiger partial charge < -0.3 is 10.2 Å². The average Bonchev–Trinajstić information content (AvgIpc) is 2.16. The molecular formula is C12H20O4. The molecule has 1 rings (SSSR count). The van der Waals surface area contributed by atoms with Crippen molar-refractivity contribution in [3.05, 3.63) is 0 Å². The molecule has 1 saturated carbocycles. The predicted octanol–water partition coefficient (Wildman–Crippen LogP) is 2.38. The first-order valence-corrected chi connectivity index (χ1v) is 5.86. The molecular weight excluding hydrogens is 208 g/mol. The Balaban J connectivity index is 3.02. The minimum absolute atomic E-state index is 0.205. The summed E-state index contributed by atoms with van der Waals surface area (Å²) in [5.74, 6) is -2.41. The maximum Gasteiger partial charge on any atom is 0.310 e. The third-order valence-electron chi connectivity index (χ3n) is 3.53. The molecule has 0 spiro atoms. The number of hydrogen-bond acceptors (Lipinski definition) is 2. The lowest BCUT2D eigenvalue weighted by atomic mass is 9.62. The van der Waals surface area contributed by atoms with E-state index >= 15 is 0 Å². The second-order valence-corrected chi connectivity index (χ2v) is 5.20. The summed E-state index contributed by atoms with van der Waals surface area (Å²) in [6.45, 7) is 3.89. The highest BCUT2D eigenvalue weighted by Crippen LogP contribution is 2.46. The number of carboxylic acid groups (broad SMARTS) is 2. The summed E-state index contributed by atoms with van der Waals surface area (Å²) in [6.07, 6.45) is 3.10. The summed E-state index contributed by atoms with van der Waals surface area (Å²) >= 11 is 0. The van der Waals surface area contributed by atoms with Gasteiger partial charge in [0.15, 0.2) is 0 Å². The van der Waals surface area contributed by atoms with Gasteiger partial charge >= 0.3 is 11.9 Å². The van der Waals surface area contributed by atoms with Gasteiger partial charge in [0, 0.05) is 0 Å². The van der Waals surface area contributed by atoms with Gasteiger partial charge in [-0.3, -0.25) is 9.59 Å². The summed E-state index contributed by atoms with van der Waals surface area (Å²) in [7, 11) is 0. The standard InChI is InChI=1S/C12H20O4/c1-8(2)7-12(11(15)16)6-4-3-5-9(12)10(13)14/h8-9H,3-7H2,1-2H3,(H,13,14)(H,15,16). The van der Waals surface area contributed by atoms with E-state index in [0.717, 1.165) is 12.8 Å². The first kappa shape index (κ1) is 13.0. The molecule has 0 aromatic carbocycles. The Kier molecular flexibility index (Phi) is 3.94. The van der Waals surface area contributed by atoms with Crippen molar-refractivity contribution in [2.24, 2.45) is 17.3 Å². The van der Waals surface area contributed by atoms with E-state index in [4.69, 9.17) is 0 Å². The molecule has 0 radical (unpaired) electrons.